The molecule has 1 nitrogen and oxygen atoms in total. The van der Waals surface area contributed by atoms with Crippen molar-refractivity contribution in [2.75, 3.05) is 0 Å². The number of aromatic amines is 1. The van der Waals surface area contributed by atoms with E-state index in [4.69, 9.17) is 1.37 Å². The summed E-state index contributed by atoms with van der Waals surface area (Å²) in [6.45, 7) is 0. The van der Waals surface area contributed by atoms with E-state index in [1.807, 2.05) is 18.2 Å². The van der Waals surface area contributed by atoms with Gasteiger partial charge in [-0.2, -0.15) is 0 Å². The molecule has 74 valence electrons. The molecule has 15 heavy (non-hydrogen) atoms. The van der Waals surface area contributed by atoms with Crippen molar-refractivity contribution in [3.63, 3.8) is 0 Å². The van der Waals surface area contributed by atoms with Crippen LogP contribution in [0.25, 0.3) is 21.8 Å². The van der Waals surface area contributed by atoms with Crippen molar-refractivity contribution in [3.8, 4) is 0 Å². The fraction of sp³-hybridized carbons (Fsp3) is 0. The first kappa shape index (κ1) is 8.36. The Morgan fingerprint density at radius 3 is 2.40 bits per heavy atom. The van der Waals surface area contributed by atoms with Gasteiger partial charge in [-0.1, -0.05) is 31.9 Å². The second-order valence-electron chi connectivity index (χ2n) is 3.42. The van der Waals surface area contributed by atoms with E-state index in [2.05, 4.69) is 42.9 Å². The lowest BCUT2D eigenvalue weighted by atomic mass is 10.2. The van der Waals surface area contributed by atoms with E-state index < -0.39 is 0 Å². The molecule has 0 bridgehead atoms. The summed E-state index contributed by atoms with van der Waals surface area (Å²) in [5.41, 5.74) is 1.95. The average molecular weight is 326 g/mol. The van der Waals surface area contributed by atoms with Crippen molar-refractivity contribution < 1.29 is 1.37 Å². The molecule has 0 saturated carbocycles. The summed E-state index contributed by atoms with van der Waals surface area (Å²) in [6.07, 6.45) is 0. The number of hydrogen-bond acceptors (Lipinski definition) is 0. The topological polar surface area (TPSA) is 15.8 Å². The molecule has 0 aliphatic carbocycles. The highest BCUT2D eigenvalue weighted by molar-refractivity contribution is 9.10. The van der Waals surface area contributed by atoms with E-state index in [0.29, 0.717) is 6.04 Å². The Labute approximate surface area is 105 Å². The number of benzene rings is 2. The summed E-state index contributed by atoms with van der Waals surface area (Å²) < 4.78 is 9.90. The fourth-order valence-corrected chi connectivity index (χ4v) is 2.47. The van der Waals surface area contributed by atoms with Gasteiger partial charge in [0.1, 0.15) is 0 Å². The molecular formula is C12H7Br2N. The molecule has 3 rings (SSSR count). The third kappa shape index (κ3) is 1.50. The SMILES string of the molecule is [2H]c1cc(Br)cc2c1[nH]c1ccc(Br)cc12. The van der Waals surface area contributed by atoms with Crippen LogP contribution in [0, 0.1) is 0 Å². The van der Waals surface area contributed by atoms with Gasteiger partial charge in [-0.25, -0.2) is 0 Å². The maximum absolute atomic E-state index is 7.92. The average Bonchev–Trinajstić information content (AvgIpc) is 2.57. The molecule has 1 aromatic heterocycles. The van der Waals surface area contributed by atoms with Gasteiger partial charge in [-0.05, 0) is 36.4 Å². The Bertz CT molecular complexity index is 703. The van der Waals surface area contributed by atoms with Crippen molar-refractivity contribution in [3.05, 3.63) is 45.3 Å². The molecule has 0 radical (unpaired) electrons. The van der Waals surface area contributed by atoms with Gasteiger partial charge in [0.25, 0.3) is 0 Å². The van der Waals surface area contributed by atoms with Crippen LogP contribution >= 0.6 is 31.9 Å². The summed E-state index contributed by atoms with van der Waals surface area (Å²) in [6, 6.07) is 10.4. The Morgan fingerprint density at radius 1 is 0.933 bits per heavy atom. The Kier molecular flexibility index (Phi) is 1.87. The van der Waals surface area contributed by atoms with Gasteiger partial charge in [-0.15, -0.1) is 0 Å². The number of fused-ring (bicyclic) bond motifs is 3. The molecule has 1 N–H and O–H groups in total. The van der Waals surface area contributed by atoms with Gasteiger partial charge in [0.05, 0.1) is 1.37 Å². The molecule has 0 aliphatic heterocycles. The maximum Gasteiger partial charge on any atom is 0.0645 e. The molecule has 0 aliphatic rings. The number of H-pyrrole nitrogens is 1. The van der Waals surface area contributed by atoms with E-state index in [9.17, 15) is 0 Å². The van der Waals surface area contributed by atoms with Gasteiger partial charge >= 0.3 is 0 Å². The molecule has 0 atom stereocenters. The lowest BCUT2D eigenvalue weighted by Gasteiger charge is -1.93. The largest absolute Gasteiger partial charge is 0.355 e. The lowest BCUT2D eigenvalue weighted by Crippen LogP contribution is -1.67. The van der Waals surface area contributed by atoms with Gasteiger partial charge < -0.3 is 4.98 Å². The van der Waals surface area contributed by atoms with Crippen LogP contribution in [0.1, 0.15) is 1.37 Å². The first-order valence-electron chi connectivity index (χ1n) is 5.02. The fourth-order valence-electron chi connectivity index (χ4n) is 1.77. The number of halogens is 2. The molecule has 3 aromatic rings. The highest BCUT2D eigenvalue weighted by Crippen LogP contribution is 2.29. The van der Waals surface area contributed by atoms with Crippen LogP contribution in [0.5, 0.6) is 0 Å². The molecule has 0 fully saturated rings. The zero-order valence-electron chi connectivity index (χ0n) is 8.64. The first-order chi connectivity index (χ1) is 7.65. The standard InChI is InChI=1S/C12H7Br2N/c13-7-1-3-11-9(5-7)10-6-8(14)2-4-12(10)15-11/h1-6,15H/i3D. The lowest BCUT2D eigenvalue weighted by molar-refractivity contribution is 1.54. The van der Waals surface area contributed by atoms with E-state index >= 15 is 0 Å². The van der Waals surface area contributed by atoms with Crippen LogP contribution in [0.3, 0.4) is 0 Å². The van der Waals surface area contributed by atoms with Crippen LogP contribution in [-0.2, 0) is 0 Å². The van der Waals surface area contributed by atoms with E-state index in [0.717, 1.165) is 30.8 Å². The Morgan fingerprint density at radius 2 is 1.60 bits per heavy atom. The molecule has 0 unspecified atom stereocenters. The zero-order valence-corrected chi connectivity index (χ0v) is 10.8. The van der Waals surface area contributed by atoms with Gasteiger partial charge in [0.2, 0.25) is 0 Å². The molecule has 1 heterocycles. The molecule has 2 aromatic carbocycles. The zero-order chi connectivity index (χ0) is 11.3. The first-order valence-corrected chi connectivity index (χ1v) is 6.11. The van der Waals surface area contributed by atoms with Crippen LogP contribution in [0.2, 0.25) is 0 Å². The van der Waals surface area contributed by atoms with Gasteiger partial charge in [0.15, 0.2) is 0 Å². The number of hydrogen-bond donors (Lipinski definition) is 1. The van der Waals surface area contributed by atoms with E-state index in [-0.39, 0.29) is 0 Å². The number of aromatic nitrogens is 1. The summed E-state index contributed by atoms with van der Waals surface area (Å²) >= 11 is 6.89. The molecule has 0 saturated heterocycles. The second kappa shape index (κ2) is 3.35. The number of rotatable bonds is 0. The minimum atomic E-state index is 0.511. The van der Waals surface area contributed by atoms with Crippen LogP contribution in [0.4, 0.5) is 0 Å². The summed E-state index contributed by atoms with van der Waals surface area (Å²) in [5.74, 6) is 0. The quantitative estimate of drug-likeness (QED) is 0.608. The molecule has 0 spiro atoms. The summed E-state index contributed by atoms with van der Waals surface area (Å²) in [5, 5.41) is 2.22. The minimum absolute atomic E-state index is 0.511. The van der Waals surface area contributed by atoms with Crippen molar-refractivity contribution in [2.24, 2.45) is 0 Å². The second-order valence-corrected chi connectivity index (χ2v) is 5.25. The normalized spacial score (nSPS) is 12.3. The van der Waals surface area contributed by atoms with Crippen molar-refractivity contribution >= 4 is 53.7 Å². The van der Waals surface area contributed by atoms with Gasteiger partial charge in [0, 0.05) is 30.8 Å². The maximum atomic E-state index is 7.92. The summed E-state index contributed by atoms with van der Waals surface area (Å²) in [7, 11) is 0. The van der Waals surface area contributed by atoms with E-state index in [1.54, 1.807) is 6.07 Å². The molecular weight excluding hydrogens is 318 g/mol. The monoisotopic (exact) mass is 324 g/mol. The predicted molar refractivity (Wildman–Crippen MR) is 71.2 cm³/mol. The van der Waals surface area contributed by atoms with Crippen molar-refractivity contribution in [1.82, 2.24) is 4.98 Å². The highest BCUT2D eigenvalue weighted by Gasteiger charge is 2.04. The van der Waals surface area contributed by atoms with Crippen molar-refractivity contribution in [2.45, 2.75) is 0 Å². The third-order valence-corrected chi connectivity index (χ3v) is 3.39. The Hall–Kier alpha value is -0.800. The third-order valence-electron chi connectivity index (χ3n) is 2.44. The summed E-state index contributed by atoms with van der Waals surface area (Å²) in [4.78, 5) is 3.27. The van der Waals surface area contributed by atoms with Crippen LogP contribution in [-0.4, -0.2) is 4.98 Å². The molecule has 3 heteroatoms. The predicted octanol–water partition coefficient (Wildman–Crippen LogP) is 4.85. The van der Waals surface area contributed by atoms with Crippen molar-refractivity contribution in [1.29, 1.82) is 0 Å². The Balaban J connectivity index is 2.57. The van der Waals surface area contributed by atoms with Crippen LogP contribution < -0.4 is 0 Å². The number of nitrogens with one attached hydrogen (secondary N) is 1. The highest BCUT2D eigenvalue weighted by atomic mass is 79.9. The van der Waals surface area contributed by atoms with E-state index in [1.165, 1.54) is 0 Å². The van der Waals surface area contributed by atoms with Crippen LogP contribution in [0.15, 0.2) is 45.3 Å². The molecule has 0 amide bonds. The smallest absolute Gasteiger partial charge is 0.0645 e. The minimum Gasteiger partial charge on any atom is -0.355 e. The van der Waals surface area contributed by atoms with Gasteiger partial charge in [-0.3, -0.25) is 0 Å².